The minimum atomic E-state index is -3.09. The third kappa shape index (κ3) is 2.21. The van der Waals surface area contributed by atoms with Gasteiger partial charge in [-0.3, -0.25) is 0 Å². The summed E-state index contributed by atoms with van der Waals surface area (Å²) in [6.07, 6.45) is 0.669. The molecule has 1 unspecified atom stereocenters. The van der Waals surface area contributed by atoms with Crippen molar-refractivity contribution in [3.63, 3.8) is 0 Å². The molecule has 0 aromatic rings. The number of aliphatic hydroxyl groups excluding tert-OH is 1. The van der Waals surface area contributed by atoms with E-state index < -0.39 is 10.0 Å². The van der Waals surface area contributed by atoms with Crippen molar-refractivity contribution in [3.05, 3.63) is 0 Å². The summed E-state index contributed by atoms with van der Waals surface area (Å²) in [6.45, 7) is 4.28. The molecule has 0 radical (unpaired) electrons. The summed E-state index contributed by atoms with van der Waals surface area (Å²) in [5.41, 5.74) is 0. The zero-order chi connectivity index (χ0) is 10.1. The van der Waals surface area contributed by atoms with Gasteiger partial charge < -0.3 is 5.11 Å². The van der Waals surface area contributed by atoms with Gasteiger partial charge in [-0.1, -0.05) is 13.8 Å². The Hall–Kier alpha value is -0.130. The molecule has 1 aliphatic heterocycles. The van der Waals surface area contributed by atoms with Crippen molar-refractivity contribution in [2.75, 3.05) is 18.9 Å². The summed E-state index contributed by atoms with van der Waals surface area (Å²) in [7, 11) is -3.09. The fourth-order valence-electron chi connectivity index (χ4n) is 1.73. The number of sulfonamides is 1. The molecular formula is C8H17NO3S. The zero-order valence-electron chi connectivity index (χ0n) is 8.10. The van der Waals surface area contributed by atoms with Crippen LogP contribution in [0.1, 0.15) is 20.3 Å². The van der Waals surface area contributed by atoms with E-state index in [9.17, 15) is 8.42 Å². The second kappa shape index (κ2) is 3.94. The van der Waals surface area contributed by atoms with Crippen molar-refractivity contribution in [1.29, 1.82) is 0 Å². The number of hydrogen-bond acceptors (Lipinski definition) is 3. The average molecular weight is 207 g/mol. The van der Waals surface area contributed by atoms with Crippen molar-refractivity contribution in [2.45, 2.75) is 26.3 Å². The molecule has 0 bridgehead atoms. The van der Waals surface area contributed by atoms with Crippen molar-refractivity contribution in [2.24, 2.45) is 5.92 Å². The zero-order valence-corrected chi connectivity index (χ0v) is 8.92. The molecule has 0 aromatic heterocycles. The number of aliphatic hydroxyl groups is 1. The Kier molecular flexibility index (Phi) is 3.32. The second-order valence-corrected chi connectivity index (χ2v) is 5.66. The van der Waals surface area contributed by atoms with Crippen LogP contribution in [0.2, 0.25) is 0 Å². The van der Waals surface area contributed by atoms with E-state index in [0.29, 0.717) is 13.0 Å². The highest BCUT2D eigenvalue weighted by atomic mass is 32.2. The topological polar surface area (TPSA) is 57.6 Å². The van der Waals surface area contributed by atoms with E-state index >= 15 is 0 Å². The largest absolute Gasteiger partial charge is 0.395 e. The first-order valence-corrected chi connectivity index (χ1v) is 6.22. The first-order valence-electron chi connectivity index (χ1n) is 4.61. The van der Waals surface area contributed by atoms with Gasteiger partial charge in [0.2, 0.25) is 10.0 Å². The molecule has 5 heteroatoms. The molecule has 78 valence electrons. The van der Waals surface area contributed by atoms with Gasteiger partial charge in [0.1, 0.15) is 0 Å². The maximum Gasteiger partial charge on any atom is 0.214 e. The van der Waals surface area contributed by atoms with Gasteiger partial charge in [0, 0.05) is 12.6 Å². The van der Waals surface area contributed by atoms with E-state index in [2.05, 4.69) is 0 Å². The Morgan fingerprint density at radius 3 is 2.54 bits per heavy atom. The lowest BCUT2D eigenvalue weighted by molar-refractivity contribution is 0.184. The van der Waals surface area contributed by atoms with E-state index in [0.717, 1.165) is 0 Å². The summed E-state index contributed by atoms with van der Waals surface area (Å²) in [5, 5.41) is 9.00. The maximum absolute atomic E-state index is 11.5. The van der Waals surface area contributed by atoms with E-state index in [1.54, 1.807) is 0 Å². The quantitative estimate of drug-likeness (QED) is 0.711. The van der Waals surface area contributed by atoms with Gasteiger partial charge in [-0.25, -0.2) is 8.42 Å². The molecule has 1 fully saturated rings. The Labute approximate surface area is 79.6 Å². The molecular weight excluding hydrogens is 190 g/mol. The van der Waals surface area contributed by atoms with Crippen LogP contribution in [0, 0.1) is 5.92 Å². The number of hydrogen-bond donors (Lipinski definition) is 1. The highest BCUT2D eigenvalue weighted by Gasteiger charge is 2.37. The Morgan fingerprint density at radius 1 is 1.62 bits per heavy atom. The summed E-state index contributed by atoms with van der Waals surface area (Å²) in [6, 6.07) is -0.227. The van der Waals surface area contributed by atoms with Crippen LogP contribution in [0.3, 0.4) is 0 Å². The molecule has 0 aromatic carbocycles. The van der Waals surface area contributed by atoms with Crippen LogP contribution >= 0.6 is 0 Å². The minimum Gasteiger partial charge on any atom is -0.395 e. The van der Waals surface area contributed by atoms with E-state index in [4.69, 9.17) is 5.11 Å². The molecule has 2 atom stereocenters. The Morgan fingerprint density at radius 2 is 2.23 bits per heavy atom. The maximum atomic E-state index is 11.5. The van der Waals surface area contributed by atoms with Crippen LogP contribution in [0.4, 0.5) is 0 Å². The van der Waals surface area contributed by atoms with Gasteiger partial charge in [0.15, 0.2) is 0 Å². The predicted molar refractivity (Wildman–Crippen MR) is 50.8 cm³/mol. The Balaban J connectivity index is 2.80. The van der Waals surface area contributed by atoms with Crippen molar-refractivity contribution < 1.29 is 13.5 Å². The third-order valence-corrected chi connectivity index (χ3v) is 4.59. The number of rotatable bonds is 3. The molecule has 1 N–H and O–H groups in total. The SMILES string of the molecule is CC[C@H](CO)N1CC(C)CS1(=O)=O. The lowest BCUT2D eigenvalue weighted by atomic mass is 10.2. The molecule has 1 saturated heterocycles. The van der Waals surface area contributed by atoms with Gasteiger partial charge in [0.25, 0.3) is 0 Å². The van der Waals surface area contributed by atoms with Crippen LogP contribution in [0.5, 0.6) is 0 Å². The normalized spacial score (nSPS) is 30.5. The first-order chi connectivity index (χ1) is 6.01. The van der Waals surface area contributed by atoms with Gasteiger partial charge in [-0.2, -0.15) is 4.31 Å². The van der Waals surface area contributed by atoms with E-state index in [1.165, 1.54) is 4.31 Å². The monoisotopic (exact) mass is 207 g/mol. The summed E-state index contributed by atoms with van der Waals surface area (Å²) in [4.78, 5) is 0. The third-order valence-electron chi connectivity index (χ3n) is 2.43. The lowest BCUT2D eigenvalue weighted by Gasteiger charge is -2.23. The highest BCUT2D eigenvalue weighted by molar-refractivity contribution is 7.89. The second-order valence-electron chi connectivity index (χ2n) is 3.70. The smallest absolute Gasteiger partial charge is 0.214 e. The molecule has 0 saturated carbocycles. The Bertz CT molecular complexity index is 259. The van der Waals surface area contributed by atoms with Crippen LogP contribution in [-0.2, 0) is 10.0 Å². The summed E-state index contributed by atoms with van der Waals surface area (Å²) in [5.74, 6) is 0.411. The molecule has 0 amide bonds. The van der Waals surface area contributed by atoms with Crippen LogP contribution < -0.4 is 0 Å². The van der Waals surface area contributed by atoms with Crippen molar-refractivity contribution >= 4 is 10.0 Å². The van der Waals surface area contributed by atoms with Gasteiger partial charge >= 0.3 is 0 Å². The summed E-state index contributed by atoms with van der Waals surface area (Å²) < 4.78 is 24.5. The van der Waals surface area contributed by atoms with E-state index in [1.807, 2.05) is 13.8 Å². The molecule has 0 spiro atoms. The van der Waals surface area contributed by atoms with Gasteiger partial charge in [-0.05, 0) is 12.3 Å². The molecule has 13 heavy (non-hydrogen) atoms. The fraction of sp³-hybridized carbons (Fsp3) is 1.00. The standard InChI is InChI=1S/C8H17NO3S/c1-3-8(5-10)9-4-7(2)6-13(9,11)12/h7-8,10H,3-6H2,1-2H3/t7?,8-/m1/s1. The first kappa shape index (κ1) is 10.9. The molecule has 1 rings (SSSR count). The minimum absolute atomic E-state index is 0.0809. The van der Waals surface area contributed by atoms with Gasteiger partial charge in [0.05, 0.1) is 12.4 Å². The molecule has 1 heterocycles. The van der Waals surface area contributed by atoms with Crippen LogP contribution in [0.25, 0.3) is 0 Å². The fourth-order valence-corrected chi connectivity index (χ4v) is 3.90. The predicted octanol–water partition coefficient (Wildman–Crippen LogP) is 0.0388. The van der Waals surface area contributed by atoms with Crippen LogP contribution in [-0.4, -0.2) is 42.8 Å². The lowest BCUT2D eigenvalue weighted by Crippen LogP contribution is -2.38. The molecule has 0 aliphatic carbocycles. The average Bonchev–Trinajstić information content (AvgIpc) is 2.28. The van der Waals surface area contributed by atoms with Gasteiger partial charge in [-0.15, -0.1) is 0 Å². The number of nitrogens with zero attached hydrogens (tertiary/aromatic N) is 1. The summed E-state index contributed by atoms with van der Waals surface area (Å²) >= 11 is 0. The molecule has 4 nitrogen and oxygen atoms in total. The van der Waals surface area contributed by atoms with Crippen molar-refractivity contribution in [3.8, 4) is 0 Å². The molecule has 1 aliphatic rings. The van der Waals surface area contributed by atoms with E-state index in [-0.39, 0.29) is 24.3 Å². The van der Waals surface area contributed by atoms with Crippen LogP contribution in [0.15, 0.2) is 0 Å². The van der Waals surface area contributed by atoms with Crippen molar-refractivity contribution in [1.82, 2.24) is 4.31 Å². The highest BCUT2D eigenvalue weighted by Crippen LogP contribution is 2.22.